The van der Waals surface area contributed by atoms with Crippen molar-refractivity contribution in [3.05, 3.63) is 29.8 Å². The fourth-order valence-corrected chi connectivity index (χ4v) is 3.55. The van der Waals surface area contributed by atoms with Gasteiger partial charge in [-0.25, -0.2) is 0 Å². The Morgan fingerprint density at radius 1 is 1.00 bits per heavy atom. The number of halogens is 2. The lowest BCUT2D eigenvalue weighted by atomic mass is 10.0. The van der Waals surface area contributed by atoms with Crippen LogP contribution >= 0.6 is 24.8 Å². The van der Waals surface area contributed by atoms with Gasteiger partial charge in [0.1, 0.15) is 0 Å². The molecule has 25 heavy (non-hydrogen) atoms. The standard InChI is InChI=1S/C19H29N3O.2ClH/c23-19(18-7-3-4-12-20-18)21-17-10-8-16(9-11-17)15-22-13-5-1-2-6-14-22;;/h8-11,18,20H,1-7,12-15H2,(H,21,23);2*1H. The largest absolute Gasteiger partial charge is 0.325 e. The first-order chi connectivity index (χ1) is 11.3. The lowest BCUT2D eigenvalue weighted by molar-refractivity contribution is -0.118. The molecule has 2 N–H and O–H groups in total. The number of piperidine rings is 1. The summed E-state index contributed by atoms with van der Waals surface area (Å²) in [7, 11) is 0. The highest BCUT2D eigenvalue weighted by Gasteiger charge is 2.20. The summed E-state index contributed by atoms with van der Waals surface area (Å²) in [5.74, 6) is 0.102. The molecule has 2 aliphatic heterocycles. The second kappa shape index (κ2) is 11.7. The van der Waals surface area contributed by atoms with E-state index in [4.69, 9.17) is 0 Å². The summed E-state index contributed by atoms with van der Waals surface area (Å²) in [6.07, 6.45) is 8.64. The molecule has 0 bridgehead atoms. The first-order valence-corrected chi connectivity index (χ1v) is 9.17. The van der Waals surface area contributed by atoms with E-state index >= 15 is 0 Å². The maximum atomic E-state index is 12.2. The van der Waals surface area contributed by atoms with Crippen LogP contribution in [0.25, 0.3) is 0 Å². The molecule has 2 saturated heterocycles. The van der Waals surface area contributed by atoms with Crippen LogP contribution in [0.5, 0.6) is 0 Å². The van der Waals surface area contributed by atoms with Crippen molar-refractivity contribution in [1.29, 1.82) is 0 Å². The van der Waals surface area contributed by atoms with E-state index in [1.807, 2.05) is 12.1 Å². The quantitative estimate of drug-likeness (QED) is 0.820. The molecule has 142 valence electrons. The minimum atomic E-state index is -0.0273. The van der Waals surface area contributed by atoms with Crippen LogP contribution in [0.3, 0.4) is 0 Å². The number of anilines is 1. The van der Waals surface area contributed by atoms with Gasteiger partial charge in [0.25, 0.3) is 0 Å². The molecular weight excluding hydrogens is 357 g/mol. The number of amides is 1. The number of nitrogens with zero attached hydrogens (tertiary/aromatic N) is 1. The zero-order valence-corrected chi connectivity index (χ0v) is 16.5. The number of hydrogen-bond donors (Lipinski definition) is 2. The van der Waals surface area contributed by atoms with Crippen LogP contribution in [0, 0.1) is 0 Å². The zero-order valence-electron chi connectivity index (χ0n) is 14.8. The van der Waals surface area contributed by atoms with Gasteiger partial charge >= 0.3 is 0 Å². The summed E-state index contributed by atoms with van der Waals surface area (Å²) in [5.41, 5.74) is 2.24. The van der Waals surface area contributed by atoms with Crippen molar-refractivity contribution >= 4 is 36.4 Å². The maximum Gasteiger partial charge on any atom is 0.241 e. The SMILES string of the molecule is Cl.Cl.O=C(Nc1ccc(CN2CCCCCC2)cc1)C1CCCCN1. The van der Waals surface area contributed by atoms with Crippen LogP contribution in [0.2, 0.25) is 0 Å². The number of benzene rings is 1. The van der Waals surface area contributed by atoms with Crippen LogP contribution in [-0.2, 0) is 11.3 Å². The van der Waals surface area contributed by atoms with Gasteiger partial charge in [-0.2, -0.15) is 0 Å². The molecule has 1 atom stereocenters. The highest BCUT2D eigenvalue weighted by Crippen LogP contribution is 2.16. The Morgan fingerprint density at radius 2 is 1.68 bits per heavy atom. The first-order valence-electron chi connectivity index (χ1n) is 9.17. The predicted octanol–water partition coefficient (Wildman–Crippen LogP) is 3.99. The molecule has 6 heteroatoms. The van der Waals surface area contributed by atoms with Crippen molar-refractivity contribution in [1.82, 2.24) is 10.2 Å². The third-order valence-electron chi connectivity index (χ3n) is 4.95. The lowest BCUT2D eigenvalue weighted by Crippen LogP contribution is -2.43. The van der Waals surface area contributed by atoms with E-state index in [0.29, 0.717) is 0 Å². The summed E-state index contributed by atoms with van der Waals surface area (Å²) in [5, 5.41) is 6.33. The van der Waals surface area contributed by atoms with Gasteiger partial charge in [0.2, 0.25) is 5.91 Å². The van der Waals surface area contributed by atoms with Crippen molar-refractivity contribution < 1.29 is 4.79 Å². The monoisotopic (exact) mass is 387 g/mol. The summed E-state index contributed by atoms with van der Waals surface area (Å²) in [6, 6.07) is 8.34. The molecular formula is C19H31Cl2N3O. The van der Waals surface area contributed by atoms with Gasteiger partial charge < -0.3 is 10.6 Å². The molecule has 0 saturated carbocycles. The van der Waals surface area contributed by atoms with Gasteiger partial charge in [-0.3, -0.25) is 9.69 Å². The first kappa shape index (κ1) is 22.2. The number of rotatable bonds is 4. The Hall–Kier alpha value is -0.810. The Labute approximate surface area is 163 Å². The second-order valence-electron chi connectivity index (χ2n) is 6.88. The molecule has 1 amide bonds. The van der Waals surface area contributed by atoms with Crippen LogP contribution in [0.4, 0.5) is 5.69 Å². The van der Waals surface area contributed by atoms with Gasteiger partial charge in [-0.15, -0.1) is 24.8 Å². The summed E-state index contributed by atoms with van der Waals surface area (Å²) < 4.78 is 0. The number of likely N-dealkylation sites (tertiary alicyclic amines) is 1. The van der Waals surface area contributed by atoms with Crippen molar-refractivity contribution in [3.63, 3.8) is 0 Å². The summed E-state index contributed by atoms with van der Waals surface area (Å²) >= 11 is 0. The molecule has 0 spiro atoms. The Bertz CT molecular complexity index is 496. The molecule has 1 aromatic rings. The molecule has 2 aliphatic rings. The lowest BCUT2D eigenvalue weighted by Gasteiger charge is -2.22. The van der Waals surface area contributed by atoms with E-state index in [9.17, 15) is 4.79 Å². The van der Waals surface area contributed by atoms with Crippen LogP contribution in [-0.4, -0.2) is 36.5 Å². The minimum Gasteiger partial charge on any atom is -0.325 e. The highest BCUT2D eigenvalue weighted by molar-refractivity contribution is 5.94. The van der Waals surface area contributed by atoms with Gasteiger partial charge in [0, 0.05) is 12.2 Å². The Balaban J connectivity index is 0.00000156. The van der Waals surface area contributed by atoms with Crippen LogP contribution < -0.4 is 10.6 Å². The number of carbonyl (C=O) groups is 1. The van der Waals surface area contributed by atoms with E-state index in [1.165, 1.54) is 50.8 Å². The molecule has 2 fully saturated rings. The normalized spacial score (nSPS) is 21.4. The molecule has 0 aromatic heterocycles. The molecule has 0 aliphatic carbocycles. The van der Waals surface area contributed by atoms with Gasteiger partial charge in [-0.05, 0) is 63.0 Å². The fourth-order valence-electron chi connectivity index (χ4n) is 3.55. The zero-order chi connectivity index (χ0) is 15.9. The van der Waals surface area contributed by atoms with E-state index in [1.54, 1.807) is 0 Å². The predicted molar refractivity (Wildman–Crippen MR) is 109 cm³/mol. The molecule has 1 aromatic carbocycles. The van der Waals surface area contributed by atoms with E-state index in [0.717, 1.165) is 31.6 Å². The number of hydrogen-bond acceptors (Lipinski definition) is 3. The van der Waals surface area contributed by atoms with E-state index in [2.05, 4.69) is 27.7 Å². The number of nitrogens with one attached hydrogen (secondary N) is 2. The molecule has 4 nitrogen and oxygen atoms in total. The van der Waals surface area contributed by atoms with Crippen molar-refractivity contribution in [2.75, 3.05) is 25.0 Å². The van der Waals surface area contributed by atoms with Crippen molar-refractivity contribution in [2.45, 2.75) is 57.5 Å². The Morgan fingerprint density at radius 3 is 2.28 bits per heavy atom. The van der Waals surface area contributed by atoms with Crippen molar-refractivity contribution in [2.24, 2.45) is 0 Å². The molecule has 0 radical (unpaired) electrons. The highest BCUT2D eigenvalue weighted by atomic mass is 35.5. The third-order valence-corrected chi connectivity index (χ3v) is 4.95. The third kappa shape index (κ3) is 7.14. The maximum absolute atomic E-state index is 12.2. The van der Waals surface area contributed by atoms with Crippen LogP contribution in [0.1, 0.15) is 50.5 Å². The van der Waals surface area contributed by atoms with Gasteiger partial charge in [-0.1, -0.05) is 31.4 Å². The average molecular weight is 388 g/mol. The Kier molecular flexibility index (Phi) is 10.4. The fraction of sp³-hybridized carbons (Fsp3) is 0.632. The summed E-state index contributed by atoms with van der Waals surface area (Å²) in [4.78, 5) is 14.8. The summed E-state index contributed by atoms with van der Waals surface area (Å²) in [6.45, 7) is 4.41. The minimum absolute atomic E-state index is 0. The van der Waals surface area contributed by atoms with Crippen molar-refractivity contribution in [3.8, 4) is 0 Å². The van der Waals surface area contributed by atoms with Crippen LogP contribution in [0.15, 0.2) is 24.3 Å². The second-order valence-corrected chi connectivity index (χ2v) is 6.88. The van der Waals surface area contributed by atoms with Gasteiger partial charge in [0.15, 0.2) is 0 Å². The van der Waals surface area contributed by atoms with Gasteiger partial charge in [0.05, 0.1) is 6.04 Å². The smallest absolute Gasteiger partial charge is 0.241 e. The van der Waals surface area contributed by atoms with E-state index < -0.39 is 0 Å². The molecule has 2 heterocycles. The number of carbonyl (C=O) groups excluding carboxylic acids is 1. The molecule has 1 unspecified atom stereocenters. The van der Waals surface area contributed by atoms with E-state index in [-0.39, 0.29) is 36.8 Å². The average Bonchev–Trinajstić information content (AvgIpc) is 2.86. The topological polar surface area (TPSA) is 44.4 Å². The molecule has 3 rings (SSSR count).